The Labute approximate surface area is 124 Å². The lowest BCUT2D eigenvalue weighted by molar-refractivity contribution is -0.759. The molecule has 2 rings (SSSR count). The molecule has 8 nitrogen and oxygen atoms in total. The minimum Gasteiger partial charge on any atom is -0.481 e. The summed E-state index contributed by atoms with van der Waals surface area (Å²) in [5.41, 5.74) is 0. The van der Waals surface area contributed by atoms with Crippen molar-refractivity contribution in [3.05, 3.63) is 10.1 Å². The number of carboxylic acids is 1. The molecular weight excluding hydrogens is 278 g/mol. The van der Waals surface area contributed by atoms with Crippen molar-refractivity contribution < 1.29 is 19.8 Å². The van der Waals surface area contributed by atoms with Gasteiger partial charge in [-0.05, 0) is 64.8 Å². The maximum atomic E-state index is 10.4. The average molecular weight is 303 g/mol. The molecule has 0 saturated carbocycles. The van der Waals surface area contributed by atoms with E-state index >= 15 is 0 Å². The highest BCUT2D eigenvalue weighted by Crippen LogP contribution is 2.15. The van der Waals surface area contributed by atoms with Crippen LogP contribution in [0.2, 0.25) is 0 Å². The molecular formula is C13H25N3O5. The predicted octanol–water partition coefficient (Wildman–Crippen LogP) is 0.607. The minimum absolute atomic E-state index is 0.0869. The lowest BCUT2D eigenvalue weighted by Crippen LogP contribution is -2.33. The molecule has 2 aliphatic heterocycles. The van der Waals surface area contributed by atoms with Crippen LogP contribution in [0.1, 0.15) is 25.7 Å². The maximum absolute atomic E-state index is 10.4. The van der Waals surface area contributed by atoms with Crippen LogP contribution in [0.3, 0.4) is 0 Å². The highest BCUT2D eigenvalue weighted by molar-refractivity contribution is 5.70. The van der Waals surface area contributed by atoms with Crippen molar-refractivity contribution in [1.29, 1.82) is 0 Å². The summed E-state index contributed by atoms with van der Waals surface area (Å²) in [5, 5.41) is 20.9. The standard InChI is InChI=1S/C7H13NO2.C6H12N2O3/c1-8-4-2-6(3-5-8)7(9)10;9-8(10)11-5-6-1-3-7-4-2-6/h6H,2-5H2,1H3,(H,9,10);6-7H,1-5H2. The molecule has 0 aromatic rings. The lowest BCUT2D eigenvalue weighted by Gasteiger charge is -2.25. The predicted molar refractivity (Wildman–Crippen MR) is 76.4 cm³/mol. The Morgan fingerprint density at radius 2 is 1.90 bits per heavy atom. The molecule has 0 spiro atoms. The van der Waals surface area contributed by atoms with Gasteiger partial charge in [-0.15, -0.1) is 10.1 Å². The Bertz CT molecular complexity index is 326. The van der Waals surface area contributed by atoms with Crippen LogP contribution in [-0.2, 0) is 9.63 Å². The van der Waals surface area contributed by atoms with Crippen LogP contribution in [0.5, 0.6) is 0 Å². The Balaban J connectivity index is 0.000000211. The molecule has 2 saturated heterocycles. The van der Waals surface area contributed by atoms with Gasteiger partial charge in [0.25, 0.3) is 5.09 Å². The summed E-state index contributed by atoms with van der Waals surface area (Å²) in [6.07, 6.45) is 3.58. The molecule has 0 bridgehead atoms. The zero-order valence-electron chi connectivity index (χ0n) is 12.5. The number of carboxylic acid groups (broad SMARTS) is 1. The third kappa shape index (κ3) is 7.81. The molecule has 2 N–H and O–H groups in total. The van der Waals surface area contributed by atoms with E-state index in [2.05, 4.69) is 15.1 Å². The average Bonchev–Trinajstić information content (AvgIpc) is 2.47. The van der Waals surface area contributed by atoms with Crippen molar-refractivity contribution in [2.75, 3.05) is 39.8 Å². The fraction of sp³-hybridized carbons (Fsp3) is 0.923. The topological polar surface area (TPSA) is 105 Å². The maximum Gasteiger partial charge on any atom is 0.306 e. The second-order valence-corrected chi connectivity index (χ2v) is 5.63. The third-order valence-corrected chi connectivity index (χ3v) is 3.94. The lowest BCUT2D eigenvalue weighted by atomic mass is 9.98. The largest absolute Gasteiger partial charge is 0.481 e. The molecule has 0 atom stereocenters. The summed E-state index contributed by atoms with van der Waals surface area (Å²) in [6, 6.07) is 0. The highest BCUT2D eigenvalue weighted by atomic mass is 16.9. The van der Waals surface area contributed by atoms with Crippen LogP contribution in [0.4, 0.5) is 0 Å². The summed E-state index contributed by atoms with van der Waals surface area (Å²) >= 11 is 0. The van der Waals surface area contributed by atoms with Gasteiger partial charge in [-0.1, -0.05) is 0 Å². The van der Waals surface area contributed by atoms with Crippen LogP contribution in [0.15, 0.2) is 0 Å². The van der Waals surface area contributed by atoms with Crippen molar-refractivity contribution >= 4 is 5.97 Å². The summed E-state index contributed by atoms with van der Waals surface area (Å²) in [5.74, 6) is -0.356. The number of hydrogen-bond acceptors (Lipinski definition) is 6. The van der Waals surface area contributed by atoms with Gasteiger partial charge >= 0.3 is 5.97 Å². The molecule has 0 unspecified atom stereocenters. The number of likely N-dealkylation sites (tertiary alicyclic amines) is 1. The second-order valence-electron chi connectivity index (χ2n) is 5.63. The molecule has 0 amide bonds. The third-order valence-electron chi connectivity index (χ3n) is 3.94. The molecule has 2 heterocycles. The highest BCUT2D eigenvalue weighted by Gasteiger charge is 2.22. The normalized spacial score (nSPS) is 21.2. The fourth-order valence-corrected chi connectivity index (χ4v) is 2.47. The van der Waals surface area contributed by atoms with E-state index in [1.807, 2.05) is 7.05 Å². The van der Waals surface area contributed by atoms with E-state index in [4.69, 9.17) is 5.11 Å². The van der Waals surface area contributed by atoms with Crippen LogP contribution < -0.4 is 5.32 Å². The minimum atomic E-state index is -0.720. The first-order chi connectivity index (χ1) is 9.99. The van der Waals surface area contributed by atoms with E-state index in [0.717, 1.165) is 51.9 Å². The van der Waals surface area contributed by atoms with Crippen molar-refractivity contribution in [3.8, 4) is 0 Å². The molecule has 0 radical (unpaired) electrons. The van der Waals surface area contributed by atoms with Gasteiger partial charge in [-0.25, -0.2) is 0 Å². The zero-order valence-corrected chi connectivity index (χ0v) is 12.5. The van der Waals surface area contributed by atoms with E-state index in [0.29, 0.717) is 5.92 Å². The fourth-order valence-electron chi connectivity index (χ4n) is 2.47. The number of hydrogen-bond donors (Lipinski definition) is 2. The number of piperidine rings is 2. The second kappa shape index (κ2) is 9.51. The Kier molecular flexibility index (Phi) is 7.99. The Morgan fingerprint density at radius 1 is 1.33 bits per heavy atom. The Hall–Kier alpha value is -1.41. The van der Waals surface area contributed by atoms with E-state index < -0.39 is 11.1 Å². The van der Waals surface area contributed by atoms with Gasteiger partial charge in [0.2, 0.25) is 0 Å². The summed E-state index contributed by atoms with van der Waals surface area (Å²) in [7, 11) is 2.03. The molecule has 0 aliphatic carbocycles. The van der Waals surface area contributed by atoms with Crippen molar-refractivity contribution in [2.24, 2.45) is 11.8 Å². The van der Waals surface area contributed by atoms with Gasteiger partial charge in [-0.3, -0.25) is 4.79 Å². The molecule has 21 heavy (non-hydrogen) atoms. The number of nitrogens with zero attached hydrogens (tertiary/aromatic N) is 2. The first kappa shape index (κ1) is 17.6. The van der Waals surface area contributed by atoms with Gasteiger partial charge in [0.15, 0.2) is 0 Å². The quantitative estimate of drug-likeness (QED) is 0.579. The van der Waals surface area contributed by atoms with Crippen LogP contribution in [0, 0.1) is 22.0 Å². The number of nitrogens with one attached hydrogen (secondary N) is 1. The van der Waals surface area contributed by atoms with E-state index in [9.17, 15) is 14.9 Å². The zero-order chi connectivity index (χ0) is 15.7. The number of aliphatic carboxylic acids is 1. The molecule has 0 aromatic carbocycles. The van der Waals surface area contributed by atoms with Gasteiger partial charge in [-0.2, -0.15) is 0 Å². The molecule has 8 heteroatoms. The number of carbonyl (C=O) groups is 1. The summed E-state index contributed by atoms with van der Waals surface area (Å²) in [6.45, 7) is 4.01. The van der Waals surface area contributed by atoms with E-state index in [1.165, 1.54) is 0 Å². The summed E-state index contributed by atoms with van der Waals surface area (Å²) in [4.78, 5) is 26.7. The monoisotopic (exact) mass is 303 g/mol. The van der Waals surface area contributed by atoms with Crippen molar-refractivity contribution in [3.63, 3.8) is 0 Å². The molecule has 2 aliphatic rings. The van der Waals surface area contributed by atoms with E-state index in [1.54, 1.807) is 0 Å². The molecule has 0 aromatic heterocycles. The van der Waals surface area contributed by atoms with Gasteiger partial charge in [0, 0.05) is 0 Å². The summed E-state index contributed by atoms with van der Waals surface area (Å²) < 4.78 is 0. The SMILES string of the molecule is CN1CCC(C(=O)O)CC1.O=[N+]([O-])OCC1CCNCC1. The van der Waals surface area contributed by atoms with Gasteiger partial charge < -0.3 is 20.2 Å². The Morgan fingerprint density at radius 3 is 2.38 bits per heavy atom. The van der Waals surface area contributed by atoms with Gasteiger partial charge in [0.1, 0.15) is 0 Å². The van der Waals surface area contributed by atoms with Gasteiger partial charge in [0.05, 0.1) is 12.5 Å². The van der Waals surface area contributed by atoms with Crippen LogP contribution >= 0.6 is 0 Å². The smallest absolute Gasteiger partial charge is 0.306 e. The number of rotatable bonds is 4. The first-order valence-corrected chi connectivity index (χ1v) is 7.38. The molecule has 2 fully saturated rings. The van der Waals surface area contributed by atoms with Crippen LogP contribution in [0.25, 0.3) is 0 Å². The first-order valence-electron chi connectivity index (χ1n) is 7.38. The van der Waals surface area contributed by atoms with E-state index in [-0.39, 0.29) is 12.5 Å². The molecule has 122 valence electrons. The van der Waals surface area contributed by atoms with Crippen molar-refractivity contribution in [2.45, 2.75) is 25.7 Å². The van der Waals surface area contributed by atoms with Crippen LogP contribution in [-0.4, -0.2) is 60.9 Å². The van der Waals surface area contributed by atoms with Crippen molar-refractivity contribution in [1.82, 2.24) is 10.2 Å².